The number of piperazine rings is 1. The second-order valence-electron chi connectivity index (χ2n) is 7.19. The molecule has 1 aliphatic rings. The minimum Gasteiger partial charge on any atom is -0.468 e. The van der Waals surface area contributed by atoms with E-state index < -0.39 is 0 Å². The van der Waals surface area contributed by atoms with Crippen molar-refractivity contribution in [2.24, 2.45) is 0 Å². The number of amides is 2. The highest BCUT2D eigenvalue weighted by molar-refractivity contribution is 5.92. The highest BCUT2D eigenvalue weighted by atomic mass is 16.3. The molecule has 0 unspecified atom stereocenters. The summed E-state index contributed by atoms with van der Waals surface area (Å²) >= 11 is 0. The van der Waals surface area contributed by atoms with Crippen LogP contribution in [0.3, 0.4) is 0 Å². The van der Waals surface area contributed by atoms with Gasteiger partial charge in [-0.15, -0.1) is 0 Å². The van der Waals surface area contributed by atoms with Crippen LogP contribution in [-0.2, 0) is 9.59 Å². The number of aryl methyl sites for hydroxylation is 1. The van der Waals surface area contributed by atoms with Gasteiger partial charge >= 0.3 is 0 Å². The zero-order valence-corrected chi connectivity index (χ0v) is 16.5. The number of hydrogen-bond donors (Lipinski definition) is 2. The molecule has 3 rings (SSSR count). The summed E-state index contributed by atoms with van der Waals surface area (Å²) in [6.07, 6.45) is 1.63. The smallest absolute Gasteiger partial charge is 0.238 e. The molecule has 1 aromatic heterocycles. The lowest BCUT2D eigenvalue weighted by Gasteiger charge is -2.34. The van der Waals surface area contributed by atoms with Gasteiger partial charge in [-0.3, -0.25) is 19.8 Å². The maximum Gasteiger partial charge on any atom is 0.238 e. The van der Waals surface area contributed by atoms with Gasteiger partial charge in [-0.1, -0.05) is 17.7 Å². The van der Waals surface area contributed by atoms with Gasteiger partial charge in [0.25, 0.3) is 0 Å². The summed E-state index contributed by atoms with van der Waals surface area (Å²) in [4.78, 5) is 28.5. The number of nitrogens with one attached hydrogen (secondary N) is 2. The van der Waals surface area contributed by atoms with E-state index in [9.17, 15) is 9.59 Å². The first-order valence-corrected chi connectivity index (χ1v) is 9.64. The molecule has 2 N–H and O–H groups in total. The van der Waals surface area contributed by atoms with Crippen molar-refractivity contribution in [3.05, 3.63) is 54.0 Å². The van der Waals surface area contributed by atoms with E-state index in [0.717, 1.165) is 17.0 Å². The molecule has 0 saturated carbocycles. The van der Waals surface area contributed by atoms with Gasteiger partial charge in [0.05, 0.1) is 25.4 Å². The lowest BCUT2D eigenvalue weighted by Crippen LogP contribution is -2.52. The van der Waals surface area contributed by atoms with Gasteiger partial charge < -0.3 is 14.6 Å². The monoisotopic (exact) mass is 384 g/mol. The Balaban J connectivity index is 1.37. The predicted molar refractivity (Wildman–Crippen MR) is 108 cm³/mol. The standard InChI is InChI=1S/C21H28N4O3/c1-16-5-7-18(8-6-16)23-20(26)15-24-9-11-25(12-10-24)21(27)14-22-17(2)19-4-3-13-28-19/h3-8,13,17,22H,9-12,14-15H2,1-2H3,(H,23,26)/t17-/m0/s1. The molecule has 7 nitrogen and oxygen atoms in total. The molecule has 1 saturated heterocycles. The summed E-state index contributed by atoms with van der Waals surface area (Å²) in [5, 5.41) is 6.11. The van der Waals surface area contributed by atoms with Crippen molar-refractivity contribution in [1.82, 2.24) is 15.1 Å². The number of carbonyl (C=O) groups is 2. The maximum absolute atomic E-state index is 12.4. The van der Waals surface area contributed by atoms with Crippen molar-refractivity contribution >= 4 is 17.5 Å². The number of anilines is 1. The summed E-state index contributed by atoms with van der Waals surface area (Å²) in [7, 11) is 0. The first-order valence-electron chi connectivity index (χ1n) is 9.64. The Hall–Kier alpha value is -2.64. The van der Waals surface area contributed by atoms with E-state index >= 15 is 0 Å². The molecule has 2 heterocycles. The van der Waals surface area contributed by atoms with Crippen LogP contribution in [0.2, 0.25) is 0 Å². The molecular formula is C21H28N4O3. The van der Waals surface area contributed by atoms with Crippen molar-refractivity contribution in [1.29, 1.82) is 0 Å². The summed E-state index contributed by atoms with van der Waals surface area (Å²) in [6, 6.07) is 11.5. The van der Waals surface area contributed by atoms with Gasteiger partial charge in [-0.25, -0.2) is 0 Å². The summed E-state index contributed by atoms with van der Waals surface area (Å²) in [5.74, 6) is 0.858. The Morgan fingerprint density at radius 2 is 1.82 bits per heavy atom. The van der Waals surface area contributed by atoms with E-state index in [1.54, 1.807) is 6.26 Å². The lowest BCUT2D eigenvalue weighted by atomic mass is 10.2. The van der Waals surface area contributed by atoms with Crippen molar-refractivity contribution in [3.63, 3.8) is 0 Å². The van der Waals surface area contributed by atoms with E-state index in [0.29, 0.717) is 32.7 Å². The number of nitrogens with zero attached hydrogens (tertiary/aromatic N) is 2. The maximum atomic E-state index is 12.4. The minimum atomic E-state index is -0.0300. The van der Waals surface area contributed by atoms with Crippen molar-refractivity contribution < 1.29 is 14.0 Å². The molecule has 1 atom stereocenters. The van der Waals surface area contributed by atoms with Crippen molar-refractivity contribution in [3.8, 4) is 0 Å². The van der Waals surface area contributed by atoms with Gasteiger partial charge in [0, 0.05) is 31.9 Å². The highest BCUT2D eigenvalue weighted by Crippen LogP contribution is 2.12. The summed E-state index contributed by atoms with van der Waals surface area (Å²) < 4.78 is 5.34. The van der Waals surface area contributed by atoms with Gasteiger partial charge in [-0.2, -0.15) is 0 Å². The Morgan fingerprint density at radius 1 is 1.11 bits per heavy atom. The quantitative estimate of drug-likeness (QED) is 0.764. The molecule has 2 aromatic rings. The fourth-order valence-corrected chi connectivity index (χ4v) is 3.19. The van der Waals surface area contributed by atoms with Crippen LogP contribution in [0.15, 0.2) is 47.1 Å². The molecule has 1 aliphatic heterocycles. The fourth-order valence-electron chi connectivity index (χ4n) is 3.19. The normalized spacial score (nSPS) is 16.0. The third-order valence-corrected chi connectivity index (χ3v) is 4.96. The van der Waals surface area contributed by atoms with E-state index in [4.69, 9.17) is 4.42 Å². The van der Waals surface area contributed by atoms with Crippen LogP contribution >= 0.6 is 0 Å². The average Bonchev–Trinajstić information content (AvgIpc) is 3.23. The number of benzene rings is 1. The summed E-state index contributed by atoms with van der Waals surface area (Å²) in [6.45, 7) is 7.25. The lowest BCUT2D eigenvalue weighted by molar-refractivity contribution is -0.132. The van der Waals surface area contributed by atoms with Gasteiger partial charge in [0.2, 0.25) is 11.8 Å². The third-order valence-electron chi connectivity index (χ3n) is 4.96. The average molecular weight is 384 g/mol. The van der Waals surface area contributed by atoms with Crippen LogP contribution in [0, 0.1) is 6.92 Å². The minimum absolute atomic E-state index is 0.00860. The second kappa shape index (κ2) is 9.52. The van der Waals surface area contributed by atoms with Gasteiger partial charge in [0.15, 0.2) is 0 Å². The number of hydrogen-bond acceptors (Lipinski definition) is 5. The number of carbonyl (C=O) groups excluding carboxylic acids is 2. The molecule has 0 radical (unpaired) electrons. The molecule has 1 aromatic carbocycles. The van der Waals surface area contributed by atoms with Crippen LogP contribution in [0.4, 0.5) is 5.69 Å². The van der Waals surface area contributed by atoms with E-state index in [-0.39, 0.29) is 24.4 Å². The molecule has 0 aliphatic carbocycles. The van der Waals surface area contributed by atoms with Crippen molar-refractivity contribution in [2.75, 3.05) is 44.6 Å². The molecular weight excluding hydrogens is 356 g/mol. The summed E-state index contributed by atoms with van der Waals surface area (Å²) in [5.41, 5.74) is 1.97. The van der Waals surface area contributed by atoms with E-state index in [2.05, 4.69) is 15.5 Å². The molecule has 150 valence electrons. The van der Waals surface area contributed by atoms with Gasteiger partial charge in [0.1, 0.15) is 5.76 Å². The highest BCUT2D eigenvalue weighted by Gasteiger charge is 2.22. The SMILES string of the molecule is Cc1ccc(NC(=O)CN2CCN(C(=O)CN[C@@H](C)c3ccco3)CC2)cc1. The first-order chi connectivity index (χ1) is 13.5. The second-order valence-corrected chi connectivity index (χ2v) is 7.19. The van der Waals surface area contributed by atoms with Gasteiger partial charge in [-0.05, 0) is 38.1 Å². The fraction of sp³-hybridized carbons (Fsp3) is 0.429. The van der Waals surface area contributed by atoms with Crippen LogP contribution in [0.25, 0.3) is 0 Å². The molecule has 2 amide bonds. The van der Waals surface area contributed by atoms with E-state index in [1.807, 2.05) is 55.1 Å². The Morgan fingerprint density at radius 3 is 2.46 bits per heavy atom. The predicted octanol–water partition coefficient (Wildman–Crippen LogP) is 2.02. The zero-order chi connectivity index (χ0) is 19.9. The van der Waals surface area contributed by atoms with Crippen LogP contribution < -0.4 is 10.6 Å². The van der Waals surface area contributed by atoms with Crippen molar-refractivity contribution in [2.45, 2.75) is 19.9 Å². The first kappa shape index (κ1) is 20.1. The van der Waals surface area contributed by atoms with Crippen LogP contribution in [0.1, 0.15) is 24.3 Å². The number of furan rings is 1. The molecule has 28 heavy (non-hydrogen) atoms. The molecule has 7 heteroatoms. The molecule has 0 bridgehead atoms. The van der Waals surface area contributed by atoms with Crippen LogP contribution in [-0.4, -0.2) is 60.9 Å². The van der Waals surface area contributed by atoms with Crippen LogP contribution in [0.5, 0.6) is 0 Å². The third kappa shape index (κ3) is 5.68. The largest absolute Gasteiger partial charge is 0.468 e. The Labute approximate surface area is 165 Å². The topological polar surface area (TPSA) is 77.8 Å². The zero-order valence-electron chi connectivity index (χ0n) is 16.5. The van der Waals surface area contributed by atoms with E-state index in [1.165, 1.54) is 0 Å². The Kier molecular flexibility index (Phi) is 6.84. The number of rotatable bonds is 7. The molecule has 0 spiro atoms. The Bertz CT molecular complexity index is 765. The molecule has 1 fully saturated rings.